The van der Waals surface area contributed by atoms with Crippen LogP contribution in [0.3, 0.4) is 0 Å². The highest BCUT2D eigenvalue weighted by molar-refractivity contribution is 7.92. The first kappa shape index (κ1) is 17.5. The number of nitrogens with one attached hydrogen (secondary N) is 1. The van der Waals surface area contributed by atoms with Gasteiger partial charge in [0.05, 0.1) is 11.9 Å². The lowest BCUT2D eigenvalue weighted by atomic mass is 10.1. The highest BCUT2D eigenvalue weighted by Gasteiger charge is 2.32. The minimum absolute atomic E-state index is 0.124. The Morgan fingerprint density at radius 1 is 1.20 bits per heavy atom. The Morgan fingerprint density at radius 2 is 1.92 bits per heavy atom. The Balaban J connectivity index is 1.68. The number of anilines is 1. The number of carbonyl (C=O) groups is 1. The molecule has 6 heteroatoms. The highest BCUT2D eigenvalue weighted by Crippen LogP contribution is 2.34. The number of hydrogen-bond donors (Lipinski definition) is 1. The molecule has 0 radical (unpaired) electrons. The molecule has 1 heterocycles. The lowest BCUT2D eigenvalue weighted by Gasteiger charge is -2.21. The van der Waals surface area contributed by atoms with Crippen molar-refractivity contribution >= 4 is 21.6 Å². The molecule has 0 saturated carbocycles. The zero-order valence-corrected chi connectivity index (χ0v) is 15.2. The van der Waals surface area contributed by atoms with E-state index in [9.17, 15) is 13.2 Å². The number of amides is 1. The average Bonchev–Trinajstić information content (AvgIpc) is 2.90. The van der Waals surface area contributed by atoms with Crippen molar-refractivity contribution < 1.29 is 13.2 Å². The second-order valence-corrected chi connectivity index (χ2v) is 8.31. The van der Waals surface area contributed by atoms with Crippen LogP contribution in [0.1, 0.15) is 28.4 Å². The molecule has 5 nitrogen and oxygen atoms in total. The molecule has 25 heavy (non-hydrogen) atoms. The number of carbonyl (C=O) groups excluding carboxylic acids is 1. The van der Waals surface area contributed by atoms with Crippen LogP contribution in [0.4, 0.5) is 5.69 Å². The van der Waals surface area contributed by atoms with Gasteiger partial charge in [0.1, 0.15) is 0 Å². The van der Waals surface area contributed by atoms with Crippen LogP contribution in [0.5, 0.6) is 0 Å². The first-order valence-electron chi connectivity index (χ1n) is 8.31. The van der Waals surface area contributed by atoms with E-state index < -0.39 is 10.0 Å². The zero-order valence-electron chi connectivity index (χ0n) is 14.4. The van der Waals surface area contributed by atoms with Gasteiger partial charge in [-0.05, 0) is 49.1 Å². The van der Waals surface area contributed by atoms with Crippen molar-refractivity contribution in [1.82, 2.24) is 5.32 Å². The molecule has 0 saturated heterocycles. The molecule has 2 aromatic rings. The minimum Gasteiger partial charge on any atom is -0.352 e. The van der Waals surface area contributed by atoms with Crippen molar-refractivity contribution in [3.05, 3.63) is 65.2 Å². The molecule has 132 valence electrons. The lowest BCUT2D eigenvalue weighted by molar-refractivity contribution is 0.0954. The van der Waals surface area contributed by atoms with E-state index >= 15 is 0 Å². The number of rotatable bonds is 5. The Morgan fingerprint density at radius 3 is 2.60 bits per heavy atom. The van der Waals surface area contributed by atoms with E-state index in [1.807, 2.05) is 37.3 Å². The molecule has 0 aliphatic carbocycles. The van der Waals surface area contributed by atoms with Crippen LogP contribution in [0, 0.1) is 0 Å². The average molecular weight is 358 g/mol. The number of sulfonamides is 1. The molecule has 0 fully saturated rings. The molecule has 2 aromatic carbocycles. The predicted octanol–water partition coefficient (Wildman–Crippen LogP) is 2.37. The summed E-state index contributed by atoms with van der Waals surface area (Å²) in [5, 5.41) is 2.92. The first-order chi connectivity index (χ1) is 11.9. The van der Waals surface area contributed by atoms with Gasteiger partial charge in [-0.25, -0.2) is 8.42 Å². The van der Waals surface area contributed by atoms with Crippen LogP contribution in [-0.4, -0.2) is 33.2 Å². The molecular weight excluding hydrogens is 336 g/mol. The molecule has 0 spiro atoms. The van der Waals surface area contributed by atoms with Crippen molar-refractivity contribution in [3.8, 4) is 0 Å². The normalized spacial score (nSPS) is 16.6. The second-order valence-electron chi connectivity index (χ2n) is 6.45. The van der Waals surface area contributed by atoms with E-state index in [0.717, 1.165) is 12.0 Å². The fourth-order valence-corrected chi connectivity index (χ4v) is 4.58. The Kier molecular flexibility index (Phi) is 4.81. The molecule has 3 rings (SSSR count). The summed E-state index contributed by atoms with van der Waals surface area (Å²) in [6.45, 7) is 2.44. The van der Waals surface area contributed by atoms with Gasteiger partial charge in [0.2, 0.25) is 10.0 Å². The van der Waals surface area contributed by atoms with Crippen molar-refractivity contribution in [2.45, 2.75) is 25.8 Å². The summed E-state index contributed by atoms with van der Waals surface area (Å²) in [7, 11) is -3.31. The van der Waals surface area contributed by atoms with E-state index in [1.54, 1.807) is 18.2 Å². The maximum absolute atomic E-state index is 12.4. The van der Waals surface area contributed by atoms with Gasteiger partial charge in [-0.15, -0.1) is 0 Å². The van der Waals surface area contributed by atoms with E-state index in [0.29, 0.717) is 24.2 Å². The fraction of sp³-hybridized carbons (Fsp3) is 0.316. The molecule has 0 bridgehead atoms. The number of hydrogen-bond acceptors (Lipinski definition) is 3. The third-order valence-electron chi connectivity index (χ3n) is 4.39. The van der Waals surface area contributed by atoms with Gasteiger partial charge in [0.25, 0.3) is 5.91 Å². The molecule has 1 N–H and O–H groups in total. The van der Waals surface area contributed by atoms with Crippen molar-refractivity contribution in [2.75, 3.05) is 17.1 Å². The van der Waals surface area contributed by atoms with E-state index in [1.165, 1.54) is 16.1 Å². The third kappa shape index (κ3) is 3.85. The predicted molar refractivity (Wildman–Crippen MR) is 99.4 cm³/mol. The van der Waals surface area contributed by atoms with E-state index in [2.05, 4.69) is 5.32 Å². The quantitative estimate of drug-likeness (QED) is 0.892. The minimum atomic E-state index is -3.31. The molecular formula is C19H22N2O3S. The van der Waals surface area contributed by atoms with Crippen LogP contribution in [-0.2, 0) is 22.9 Å². The van der Waals surface area contributed by atoms with Crippen LogP contribution in [0.25, 0.3) is 0 Å². The van der Waals surface area contributed by atoms with E-state index in [-0.39, 0.29) is 11.9 Å². The van der Waals surface area contributed by atoms with E-state index in [4.69, 9.17) is 0 Å². The largest absolute Gasteiger partial charge is 0.352 e. The third-order valence-corrected chi connectivity index (χ3v) is 5.67. The summed E-state index contributed by atoms with van der Waals surface area (Å²) in [6.07, 6.45) is 2.60. The van der Waals surface area contributed by atoms with Crippen LogP contribution in [0.15, 0.2) is 48.5 Å². The molecule has 1 aliphatic rings. The van der Waals surface area contributed by atoms with Crippen molar-refractivity contribution in [3.63, 3.8) is 0 Å². The summed E-state index contributed by atoms with van der Waals surface area (Å²) in [4.78, 5) is 12.4. The Hall–Kier alpha value is -2.34. The Labute approximate surface area is 148 Å². The summed E-state index contributed by atoms with van der Waals surface area (Å²) < 4.78 is 25.3. The van der Waals surface area contributed by atoms with Gasteiger partial charge in [-0.3, -0.25) is 9.10 Å². The topological polar surface area (TPSA) is 66.5 Å². The van der Waals surface area contributed by atoms with Gasteiger partial charge in [-0.1, -0.05) is 30.3 Å². The standard InChI is InChI=1S/C19H22N2O3S/c1-14-12-17-13-16(8-9-18(17)21(14)25(2,23)24)19(22)20-11-10-15-6-4-3-5-7-15/h3-9,13-14H,10-12H2,1-2H3,(H,20,22)/t14-/m1/s1. The molecule has 1 atom stereocenters. The van der Waals surface area contributed by atoms with Gasteiger partial charge in [-0.2, -0.15) is 0 Å². The summed E-state index contributed by atoms with van der Waals surface area (Å²) in [5.41, 5.74) is 3.31. The van der Waals surface area contributed by atoms with Gasteiger partial charge >= 0.3 is 0 Å². The number of fused-ring (bicyclic) bond motifs is 1. The SMILES string of the molecule is C[C@@H]1Cc2cc(C(=O)NCCc3ccccc3)ccc2N1S(C)(=O)=O. The lowest BCUT2D eigenvalue weighted by Crippen LogP contribution is -2.34. The molecule has 1 amide bonds. The van der Waals surface area contributed by atoms with Crippen molar-refractivity contribution in [1.29, 1.82) is 0 Å². The van der Waals surface area contributed by atoms with Gasteiger partial charge in [0, 0.05) is 18.2 Å². The summed E-state index contributed by atoms with van der Waals surface area (Å²) >= 11 is 0. The first-order valence-corrected chi connectivity index (χ1v) is 10.2. The van der Waals surface area contributed by atoms with Crippen LogP contribution in [0.2, 0.25) is 0 Å². The maximum Gasteiger partial charge on any atom is 0.251 e. The summed E-state index contributed by atoms with van der Waals surface area (Å²) in [5.74, 6) is -0.135. The number of benzene rings is 2. The summed E-state index contributed by atoms with van der Waals surface area (Å²) in [6, 6.07) is 15.1. The van der Waals surface area contributed by atoms with Gasteiger partial charge < -0.3 is 5.32 Å². The van der Waals surface area contributed by atoms with Crippen LogP contribution >= 0.6 is 0 Å². The molecule has 1 aliphatic heterocycles. The molecule has 0 unspecified atom stereocenters. The second kappa shape index (κ2) is 6.88. The molecule has 0 aromatic heterocycles. The number of nitrogens with zero attached hydrogens (tertiary/aromatic N) is 1. The highest BCUT2D eigenvalue weighted by atomic mass is 32.2. The maximum atomic E-state index is 12.4. The van der Waals surface area contributed by atoms with Crippen molar-refractivity contribution in [2.24, 2.45) is 0 Å². The monoisotopic (exact) mass is 358 g/mol. The fourth-order valence-electron chi connectivity index (χ4n) is 3.32. The zero-order chi connectivity index (χ0) is 18.0. The Bertz CT molecular complexity index is 879. The van der Waals surface area contributed by atoms with Crippen LogP contribution < -0.4 is 9.62 Å². The smallest absolute Gasteiger partial charge is 0.251 e. The van der Waals surface area contributed by atoms with Gasteiger partial charge in [0.15, 0.2) is 0 Å².